The summed E-state index contributed by atoms with van der Waals surface area (Å²) >= 11 is 6.07. The number of carbonyl (C=O) groups is 1. The van der Waals surface area contributed by atoms with Gasteiger partial charge in [-0.25, -0.2) is 4.98 Å². The van der Waals surface area contributed by atoms with Crippen molar-refractivity contribution in [2.24, 2.45) is 0 Å². The first-order valence-corrected chi connectivity index (χ1v) is 8.42. The Hall–Kier alpha value is -2.28. The number of aromatic nitrogens is 1. The third kappa shape index (κ3) is 4.46. The quantitative estimate of drug-likeness (QED) is 0.801. The molecule has 0 saturated carbocycles. The Kier molecular flexibility index (Phi) is 5.36. The lowest BCUT2D eigenvalue weighted by molar-refractivity contribution is -0.137. The van der Waals surface area contributed by atoms with E-state index in [1.807, 2.05) is 6.07 Å². The third-order valence-corrected chi connectivity index (χ3v) is 4.52. The van der Waals surface area contributed by atoms with Crippen LogP contribution >= 0.6 is 11.6 Å². The fourth-order valence-corrected chi connectivity index (χ4v) is 2.99. The monoisotopic (exact) mass is 384 g/mol. The van der Waals surface area contributed by atoms with Crippen LogP contribution in [0.3, 0.4) is 0 Å². The Bertz CT molecular complexity index is 798. The van der Waals surface area contributed by atoms with Crippen LogP contribution in [0.4, 0.5) is 13.2 Å². The van der Waals surface area contributed by atoms with Gasteiger partial charge in [0.2, 0.25) is 11.8 Å². The average molecular weight is 385 g/mol. The van der Waals surface area contributed by atoms with Crippen LogP contribution in [0.15, 0.2) is 42.6 Å². The molecule has 4 nitrogen and oxygen atoms in total. The molecule has 1 saturated heterocycles. The highest BCUT2D eigenvalue weighted by molar-refractivity contribution is 6.31. The van der Waals surface area contributed by atoms with Crippen LogP contribution in [0.1, 0.15) is 17.5 Å². The molecule has 0 spiro atoms. The van der Waals surface area contributed by atoms with Crippen molar-refractivity contribution >= 4 is 17.5 Å². The number of hydrogen-bond donors (Lipinski definition) is 0. The molecule has 0 radical (unpaired) electrons. The Labute approximate surface area is 153 Å². The predicted octanol–water partition coefficient (Wildman–Crippen LogP) is 3.98. The van der Waals surface area contributed by atoms with Crippen molar-refractivity contribution in [3.63, 3.8) is 0 Å². The molecule has 1 fully saturated rings. The Balaban J connectivity index is 1.59. The van der Waals surface area contributed by atoms with E-state index in [0.717, 1.165) is 23.9 Å². The maximum absolute atomic E-state index is 12.7. The molecule has 1 aliphatic rings. The summed E-state index contributed by atoms with van der Waals surface area (Å²) in [5, 5.41) is 0.529. The molecule has 0 N–H and O–H groups in total. The first-order valence-electron chi connectivity index (χ1n) is 8.04. The highest BCUT2D eigenvalue weighted by Crippen LogP contribution is 2.31. The van der Waals surface area contributed by atoms with Gasteiger partial charge in [-0.2, -0.15) is 13.2 Å². The number of likely N-dealkylation sites (tertiary alicyclic amines) is 1. The van der Waals surface area contributed by atoms with Gasteiger partial charge in [0, 0.05) is 30.3 Å². The van der Waals surface area contributed by atoms with E-state index in [-0.39, 0.29) is 24.3 Å². The SMILES string of the molecule is O=C(Cc1ccccc1Cl)N1CC[C@H](Oc2cc(C(F)(F)F)ccn2)C1. The number of amides is 1. The van der Waals surface area contributed by atoms with Gasteiger partial charge in [0.15, 0.2) is 0 Å². The molecule has 1 atom stereocenters. The van der Waals surface area contributed by atoms with Gasteiger partial charge in [0.05, 0.1) is 18.5 Å². The van der Waals surface area contributed by atoms with E-state index in [1.54, 1.807) is 23.1 Å². The number of halogens is 4. The van der Waals surface area contributed by atoms with Crippen molar-refractivity contribution in [1.29, 1.82) is 0 Å². The number of nitrogens with zero attached hydrogens (tertiary/aromatic N) is 2. The van der Waals surface area contributed by atoms with Crippen LogP contribution in [0, 0.1) is 0 Å². The van der Waals surface area contributed by atoms with E-state index in [0.29, 0.717) is 24.5 Å². The lowest BCUT2D eigenvalue weighted by atomic mass is 10.1. The summed E-state index contributed by atoms with van der Waals surface area (Å²) in [6.45, 7) is 0.786. The molecule has 138 valence electrons. The Morgan fingerprint density at radius 1 is 1.31 bits per heavy atom. The number of alkyl halides is 3. The maximum atomic E-state index is 12.7. The van der Waals surface area contributed by atoms with Crippen molar-refractivity contribution in [3.8, 4) is 5.88 Å². The molecule has 0 unspecified atom stereocenters. The molecule has 26 heavy (non-hydrogen) atoms. The number of carbonyl (C=O) groups excluding carboxylic acids is 1. The molecule has 8 heteroatoms. The first-order chi connectivity index (χ1) is 12.3. The third-order valence-electron chi connectivity index (χ3n) is 4.15. The van der Waals surface area contributed by atoms with E-state index in [4.69, 9.17) is 16.3 Å². The van der Waals surface area contributed by atoms with Gasteiger partial charge in [-0.15, -0.1) is 0 Å². The summed E-state index contributed by atoms with van der Waals surface area (Å²) in [6, 6.07) is 8.87. The molecule has 2 aromatic rings. The second kappa shape index (κ2) is 7.53. The molecular formula is C18H16ClF3N2O2. The van der Waals surface area contributed by atoms with Gasteiger partial charge >= 0.3 is 6.18 Å². The number of rotatable bonds is 4. The minimum absolute atomic E-state index is 0.0924. The lowest BCUT2D eigenvalue weighted by Gasteiger charge is -2.17. The van der Waals surface area contributed by atoms with E-state index >= 15 is 0 Å². The largest absolute Gasteiger partial charge is 0.472 e. The van der Waals surface area contributed by atoms with Crippen LogP contribution < -0.4 is 4.74 Å². The summed E-state index contributed by atoms with van der Waals surface area (Å²) in [5.74, 6) is -0.188. The zero-order chi connectivity index (χ0) is 18.7. The smallest absolute Gasteiger partial charge is 0.416 e. The van der Waals surface area contributed by atoms with Gasteiger partial charge in [-0.3, -0.25) is 4.79 Å². The van der Waals surface area contributed by atoms with E-state index in [9.17, 15) is 18.0 Å². The van der Waals surface area contributed by atoms with E-state index in [2.05, 4.69) is 4.98 Å². The van der Waals surface area contributed by atoms with Crippen molar-refractivity contribution < 1.29 is 22.7 Å². The Morgan fingerprint density at radius 3 is 2.81 bits per heavy atom. The highest BCUT2D eigenvalue weighted by atomic mass is 35.5. The number of benzene rings is 1. The number of hydrogen-bond acceptors (Lipinski definition) is 3. The van der Waals surface area contributed by atoms with Crippen LogP contribution in [-0.4, -0.2) is 35.0 Å². The van der Waals surface area contributed by atoms with Crippen molar-refractivity contribution in [2.45, 2.75) is 25.1 Å². The normalized spacial score (nSPS) is 17.4. The van der Waals surface area contributed by atoms with Gasteiger partial charge in [0.1, 0.15) is 6.10 Å². The standard InChI is InChI=1S/C18H16ClF3N2O2/c19-15-4-2-1-3-12(15)9-17(25)24-8-6-14(11-24)26-16-10-13(5-7-23-16)18(20,21)22/h1-5,7,10,14H,6,8-9,11H2/t14-/m0/s1. The van der Waals surface area contributed by atoms with Crippen LogP contribution in [0.5, 0.6) is 5.88 Å². The topological polar surface area (TPSA) is 42.4 Å². The van der Waals surface area contributed by atoms with Gasteiger partial charge < -0.3 is 9.64 Å². The molecule has 1 aromatic heterocycles. The molecule has 1 aliphatic heterocycles. The van der Waals surface area contributed by atoms with E-state index < -0.39 is 11.7 Å². The lowest BCUT2D eigenvalue weighted by Crippen LogP contribution is -2.32. The average Bonchev–Trinajstić information content (AvgIpc) is 3.05. The second-order valence-electron chi connectivity index (χ2n) is 6.02. The maximum Gasteiger partial charge on any atom is 0.416 e. The van der Waals surface area contributed by atoms with Crippen LogP contribution in [0.25, 0.3) is 0 Å². The second-order valence-corrected chi connectivity index (χ2v) is 6.42. The minimum Gasteiger partial charge on any atom is -0.472 e. The van der Waals surface area contributed by atoms with Crippen molar-refractivity contribution in [2.75, 3.05) is 13.1 Å². The molecule has 1 amide bonds. The number of ether oxygens (including phenoxy) is 1. The van der Waals surface area contributed by atoms with Gasteiger partial charge in [-0.1, -0.05) is 29.8 Å². The Morgan fingerprint density at radius 2 is 2.08 bits per heavy atom. The molecule has 0 bridgehead atoms. The summed E-state index contributed by atoms with van der Waals surface area (Å²) in [6.07, 6.45) is -3.07. The zero-order valence-corrected chi connectivity index (χ0v) is 14.4. The fourth-order valence-electron chi connectivity index (χ4n) is 2.79. The number of pyridine rings is 1. The fraction of sp³-hybridized carbons (Fsp3) is 0.333. The van der Waals surface area contributed by atoms with E-state index in [1.165, 1.54) is 0 Å². The van der Waals surface area contributed by atoms with Crippen LogP contribution in [0.2, 0.25) is 5.02 Å². The minimum atomic E-state index is -4.45. The first kappa shape index (κ1) is 18.5. The molecule has 0 aliphatic carbocycles. The molecule has 1 aromatic carbocycles. The predicted molar refractivity (Wildman–Crippen MR) is 90.0 cm³/mol. The highest BCUT2D eigenvalue weighted by Gasteiger charge is 2.32. The van der Waals surface area contributed by atoms with Crippen molar-refractivity contribution in [1.82, 2.24) is 9.88 Å². The summed E-state index contributed by atoms with van der Waals surface area (Å²) in [4.78, 5) is 17.8. The molecular weight excluding hydrogens is 369 g/mol. The zero-order valence-electron chi connectivity index (χ0n) is 13.7. The summed E-state index contributed by atoms with van der Waals surface area (Å²) in [7, 11) is 0. The molecule has 3 rings (SSSR count). The van der Waals surface area contributed by atoms with Gasteiger partial charge in [-0.05, 0) is 17.7 Å². The van der Waals surface area contributed by atoms with Crippen LogP contribution in [-0.2, 0) is 17.4 Å². The molecule has 2 heterocycles. The summed E-state index contributed by atoms with van der Waals surface area (Å²) in [5.41, 5.74) is -0.0739. The summed E-state index contributed by atoms with van der Waals surface area (Å²) < 4.78 is 43.8. The van der Waals surface area contributed by atoms with Gasteiger partial charge in [0.25, 0.3) is 0 Å². The van der Waals surface area contributed by atoms with Crippen molar-refractivity contribution in [3.05, 3.63) is 58.7 Å².